The van der Waals surface area contributed by atoms with E-state index in [9.17, 15) is 9.90 Å². The average molecular weight is 280 g/mol. The Morgan fingerprint density at radius 1 is 1.50 bits per heavy atom. The van der Waals surface area contributed by atoms with E-state index in [0.29, 0.717) is 6.54 Å². The van der Waals surface area contributed by atoms with Crippen LogP contribution in [0.5, 0.6) is 0 Å². The van der Waals surface area contributed by atoms with Crippen molar-refractivity contribution in [3.8, 4) is 0 Å². The number of carbonyl (C=O) groups is 1. The fourth-order valence-electron chi connectivity index (χ4n) is 2.82. The third kappa shape index (κ3) is 2.65. The Labute approximate surface area is 119 Å². The molecule has 6 heteroatoms. The van der Waals surface area contributed by atoms with Crippen LogP contribution in [0.1, 0.15) is 44.1 Å². The van der Waals surface area contributed by atoms with Gasteiger partial charge in [0, 0.05) is 12.6 Å². The number of aliphatic hydroxyl groups is 1. The van der Waals surface area contributed by atoms with E-state index >= 15 is 0 Å². The molecule has 0 radical (unpaired) electrons. The molecule has 0 saturated carbocycles. The Bertz CT molecular complexity index is 496. The van der Waals surface area contributed by atoms with Gasteiger partial charge in [0.2, 0.25) is 0 Å². The van der Waals surface area contributed by atoms with Gasteiger partial charge < -0.3 is 15.3 Å². The lowest BCUT2D eigenvalue weighted by Gasteiger charge is -2.23. The molecule has 1 fully saturated rings. The molecule has 2 amide bonds. The van der Waals surface area contributed by atoms with Crippen molar-refractivity contribution in [2.75, 3.05) is 18.5 Å². The van der Waals surface area contributed by atoms with Crippen molar-refractivity contribution >= 4 is 11.7 Å². The number of amides is 2. The van der Waals surface area contributed by atoms with E-state index in [1.165, 1.54) is 0 Å². The minimum absolute atomic E-state index is 0.0244. The molecule has 1 aromatic heterocycles. The maximum absolute atomic E-state index is 12.3. The fraction of sp³-hybridized carbons (Fsp3) is 0.714. The van der Waals surface area contributed by atoms with E-state index in [1.54, 1.807) is 4.90 Å². The van der Waals surface area contributed by atoms with E-state index in [0.717, 1.165) is 29.9 Å². The Kier molecular flexibility index (Phi) is 4.32. The summed E-state index contributed by atoms with van der Waals surface area (Å²) in [6, 6.07) is 0.0585. The van der Waals surface area contributed by atoms with Crippen molar-refractivity contribution in [3.63, 3.8) is 0 Å². The maximum Gasteiger partial charge on any atom is 0.322 e. The lowest BCUT2D eigenvalue weighted by atomic mass is 10.2. The zero-order valence-corrected chi connectivity index (χ0v) is 12.7. The average Bonchev–Trinajstić information content (AvgIpc) is 2.97. The summed E-state index contributed by atoms with van der Waals surface area (Å²) in [6.45, 7) is 8.71. The van der Waals surface area contributed by atoms with Gasteiger partial charge in [0.25, 0.3) is 0 Å². The van der Waals surface area contributed by atoms with Gasteiger partial charge in [-0.3, -0.25) is 4.68 Å². The molecule has 112 valence electrons. The minimum Gasteiger partial charge on any atom is -0.394 e. The Morgan fingerprint density at radius 3 is 2.75 bits per heavy atom. The number of carbonyl (C=O) groups excluding carboxylic acids is 1. The molecule has 2 rings (SSSR count). The maximum atomic E-state index is 12.3. The van der Waals surface area contributed by atoms with Crippen molar-refractivity contribution in [2.24, 2.45) is 0 Å². The van der Waals surface area contributed by atoms with E-state index in [-0.39, 0.29) is 24.7 Å². The van der Waals surface area contributed by atoms with Crippen molar-refractivity contribution in [2.45, 2.75) is 52.6 Å². The predicted octanol–water partition coefficient (Wildman–Crippen LogP) is 2.07. The molecule has 0 bridgehead atoms. The second-order valence-electron chi connectivity index (χ2n) is 5.69. The lowest BCUT2D eigenvalue weighted by molar-refractivity contribution is 0.166. The number of rotatable bonds is 3. The van der Waals surface area contributed by atoms with Gasteiger partial charge in [0.1, 0.15) is 0 Å². The van der Waals surface area contributed by atoms with E-state index < -0.39 is 0 Å². The topological polar surface area (TPSA) is 70.4 Å². The zero-order chi connectivity index (χ0) is 14.9. The Morgan fingerprint density at radius 2 is 2.20 bits per heavy atom. The molecule has 1 atom stereocenters. The van der Waals surface area contributed by atoms with Gasteiger partial charge in [0.05, 0.1) is 29.7 Å². The first-order valence-electron chi connectivity index (χ1n) is 7.19. The molecule has 2 N–H and O–H groups in total. The quantitative estimate of drug-likeness (QED) is 0.890. The Balaban J connectivity index is 2.16. The van der Waals surface area contributed by atoms with Crippen LogP contribution in [-0.2, 0) is 0 Å². The highest BCUT2D eigenvalue weighted by molar-refractivity contribution is 5.91. The molecule has 1 aliphatic heterocycles. The molecular formula is C14H24N4O2. The molecule has 1 saturated heterocycles. The number of nitrogens with zero attached hydrogens (tertiary/aromatic N) is 3. The molecule has 0 aliphatic carbocycles. The van der Waals surface area contributed by atoms with Crippen molar-refractivity contribution in [1.29, 1.82) is 0 Å². The highest BCUT2D eigenvalue weighted by Crippen LogP contribution is 2.24. The van der Waals surface area contributed by atoms with Gasteiger partial charge in [-0.2, -0.15) is 5.10 Å². The summed E-state index contributed by atoms with van der Waals surface area (Å²) < 4.78 is 1.92. The molecule has 1 aliphatic rings. The second kappa shape index (κ2) is 5.83. The monoisotopic (exact) mass is 280 g/mol. The van der Waals surface area contributed by atoms with Crippen LogP contribution in [0.25, 0.3) is 0 Å². The van der Waals surface area contributed by atoms with E-state index in [4.69, 9.17) is 0 Å². The number of aromatic nitrogens is 2. The summed E-state index contributed by atoms with van der Waals surface area (Å²) in [5.74, 6) is 0. The number of hydrogen-bond donors (Lipinski definition) is 2. The smallest absolute Gasteiger partial charge is 0.322 e. The molecule has 6 nitrogen and oxygen atoms in total. The zero-order valence-electron chi connectivity index (χ0n) is 12.7. The molecular weight excluding hydrogens is 256 g/mol. The van der Waals surface area contributed by atoms with Crippen molar-refractivity contribution < 1.29 is 9.90 Å². The van der Waals surface area contributed by atoms with Gasteiger partial charge >= 0.3 is 6.03 Å². The summed E-state index contributed by atoms with van der Waals surface area (Å²) in [6.07, 6.45) is 1.81. The molecule has 2 heterocycles. The summed E-state index contributed by atoms with van der Waals surface area (Å²) in [4.78, 5) is 14.0. The fourth-order valence-corrected chi connectivity index (χ4v) is 2.82. The summed E-state index contributed by atoms with van der Waals surface area (Å²) >= 11 is 0. The van der Waals surface area contributed by atoms with Crippen LogP contribution in [0, 0.1) is 13.8 Å². The van der Waals surface area contributed by atoms with E-state index in [2.05, 4.69) is 24.3 Å². The SMILES string of the molecule is Cc1nn(C(C)C)c(C)c1NC(=O)N1CCC[C@H]1CO. The number of nitrogens with one attached hydrogen (secondary N) is 1. The molecule has 0 unspecified atom stereocenters. The highest BCUT2D eigenvalue weighted by atomic mass is 16.3. The first-order chi connectivity index (χ1) is 9.45. The van der Waals surface area contributed by atoms with Gasteiger partial charge in [-0.1, -0.05) is 0 Å². The number of hydrogen-bond acceptors (Lipinski definition) is 3. The Hall–Kier alpha value is -1.56. The summed E-state index contributed by atoms with van der Waals surface area (Å²) in [7, 11) is 0. The van der Waals surface area contributed by atoms with Crippen LogP contribution in [0.4, 0.5) is 10.5 Å². The number of likely N-dealkylation sites (tertiary alicyclic amines) is 1. The summed E-state index contributed by atoms with van der Waals surface area (Å²) in [5.41, 5.74) is 2.57. The first-order valence-corrected chi connectivity index (χ1v) is 7.19. The van der Waals surface area contributed by atoms with Crippen LogP contribution < -0.4 is 5.32 Å². The van der Waals surface area contributed by atoms with Gasteiger partial charge in [-0.15, -0.1) is 0 Å². The lowest BCUT2D eigenvalue weighted by Crippen LogP contribution is -2.40. The number of aliphatic hydroxyl groups excluding tert-OH is 1. The highest BCUT2D eigenvalue weighted by Gasteiger charge is 2.29. The van der Waals surface area contributed by atoms with Crippen LogP contribution in [0.15, 0.2) is 0 Å². The van der Waals surface area contributed by atoms with Crippen molar-refractivity contribution in [1.82, 2.24) is 14.7 Å². The number of aryl methyl sites for hydroxylation is 1. The van der Waals surface area contributed by atoms with Crippen LogP contribution >= 0.6 is 0 Å². The standard InChI is InChI=1S/C14H24N4O2/c1-9(2)18-11(4)13(10(3)16-18)15-14(20)17-7-5-6-12(17)8-19/h9,12,19H,5-8H2,1-4H3,(H,15,20)/t12-/m0/s1. The third-order valence-electron chi connectivity index (χ3n) is 3.89. The van der Waals surface area contributed by atoms with E-state index in [1.807, 2.05) is 18.5 Å². The van der Waals surface area contributed by atoms with Crippen LogP contribution in [0.2, 0.25) is 0 Å². The van der Waals surface area contributed by atoms with Gasteiger partial charge in [-0.05, 0) is 40.5 Å². The summed E-state index contributed by atoms with van der Waals surface area (Å²) in [5, 5.41) is 16.7. The minimum atomic E-state index is -0.143. The third-order valence-corrected chi connectivity index (χ3v) is 3.89. The molecule has 20 heavy (non-hydrogen) atoms. The first kappa shape index (κ1) is 14.8. The van der Waals surface area contributed by atoms with Gasteiger partial charge in [0.15, 0.2) is 0 Å². The van der Waals surface area contributed by atoms with Crippen molar-refractivity contribution in [3.05, 3.63) is 11.4 Å². The number of urea groups is 1. The molecule has 1 aromatic rings. The van der Waals surface area contributed by atoms with Crippen LogP contribution in [0.3, 0.4) is 0 Å². The largest absolute Gasteiger partial charge is 0.394 e. The van der Waals surface area contributed by atoms with Crippen LogP contribution in [-0.4, -0.2) is 45.0 Å². The number of anilines is 1. The molecule has 0 aromatic carbocycles. The van der Waals surface area contributed by atoms with Gasteiger partial charge in [-0.25, -0.2) is 4.79 Å². The second-order valence-corrected chi connectivity index (χ2v) is 5.69. The molecule has 0 spiro atoms. The normalized spacial score (nSPS) is 18.9. The predicted molar refractivity (Wildman–Crippen MR) is 77.9 cm³/mol.